The second-order valence-corrected chi connectivity index (χ2v) is 9.44. The molecule has 0 unspecified atom stereocenters. The van der Waals surface area contributed by atoms with Crippen LogP contribution in [0.15, 0.2) is 87.9 Å². The van der Waals surface area contributed by atoms with Gasteiger partial charge in [0.05, 0.1) is 18.4 Å². The number of furan rings is 2. The summed E-state index contributed by atoms with van der Waals surface area (Å²) in [7, 11) is 0. The predicted octanol–water partition coefficient (Wildman–Crippen LogP) is 6.89. The summed E-state index contributed by atoms with van der Waals surface area (Å²) in [6.45, 7) is 6.45. The SMILES string of the molecule is CC(C)(C)c1ccc2occ(CC(=O)Nc3c(C(=O)c4ccccc4)oc4ccccc34)c2c1. The highest BCUT2D eigenvalue weighted by Crippen LogP contribution is 2.33. The molecule has 0 aliphatic carbocycles. The third kappa shape index (κ3) is 4.01. The molecule has 0 saturated carbocycles. The zero-order valence-electron chi connectivity index (χ0n) is 19.3. The third-order valence-corrected chi connectivity index (χ3v) is 5.97. The first-order chi connectivity index (χ1) is 16.3. The average Bonchev–Trinajstić information content (AvgIpc) is 3.40. The smallest absolute Gasteiger partial charge is 0.230 e. The highest BCUT2D eigenvalue weighted by atomic mass is 16.3. The summed E-state index contributed by atoms with van der Waals surface area (Å²) in [5.41, 5.74) is 4.10. The maximum absolute atomic E-state index is 13.2. The molecule has 0 atom stereocenters. The van der Waals surface area contributed by atoms with E-state index in [4.69, 9.17) is 8.83 Å². The molecule has 0 saturated heterocycles. The van der Waals surface area contributed by atoms with Crippen LogP contribution in [0.1, 0.15) is 48.0 Å². The Morgan fingerprint density at radius 2 is 1.59 bits per heavy atom. The Hall–Kier alpha value is -4.12. The number of hydrogen-bond donors (Lipinski definition) is 1. The molecule has 0 fully saturated rings. The molecule has 2 heterocycles. The lowest BCUT2D eigenvalue weighted by molar-refractivity contribution is -0.115. The van der Waals surface area contributed by atoms with E-state index in [2.05, 4.69) is 38.2 Å². The minimum absolute atomic E-state index is 0.0204. The third-order valence-electron chi connectivity index (χ3n) is 5.97. The van der Waals surface area contributed by atoms with Gasteiger partial charge in [0, 0.05) is 21.9 Å². The minimum Gasteiger partial charge on any atom is -0.464 e. The molecule has 0 aliphatic heterocycles. The Morgan fingerprint density at radius 3 is 2.35 bits per heavy atom. The summed E-state index contributed by atoms with van der Waals surface area (Å²) in [4.78, 5) is 26.3. The van der Waals surface area contributed by atoms with Crippen LogP contribution in [0, 0.1) is 0 Å². The monoisotopic (exact) mass is 451 g/mol. The van der Waals surface area contributed by atoms with Crippen LogP contribution in [0.5, 0.6) is 0 Å². The Bertz CT molecular complexity index is 1520. The minimum atomic E-state index is -0.282. The molecule has 34 heavy (non-hydrogen) atoms. The number of para-hydroxylation sites is 1. The fraction of sp³-hybridized carbons (Fsp3) is 0.172. The van der Waals surface area contributed by atoms with Crippen molar-refractivity contribution in [1.82, 2.24) is 0 Å². The number of amides is 1. The van der Waals surface area contributed by atoms with E-state index < -0.39 is 0 Å². The van der Waals surface area contributed by atoms with Gasteiger partial charge in [-0.3, -0.25) is 9.59 Å². The van der Waals surface area contributed by atoms with Crippen molar-refractivity contribution in [3.63, 3.8) is 0 Å². The summed E-state index contributed by atoms with van der Waals surface area (Å²) in [6, 6.07) is 22.3. The van der Waals surface area contributed by atoms with Gasteiger partial charge in [0.25, 0.3) is 0 Å². The number of ketones is 1. The highest BCUT2D eigenvalue weighted by Gasteiger charge is 2.24. The van der Waals surface area contributed by atoms with Gasteiger partial charge in [0.15, 0.2) is 5.76 Å². The lowest BCUT2D eigenvalue weighted by Gasteiger charge is -2.18. The van der Waals surface area contributed by atoms with Crippen LogP contribution in [0.3, 0.4) is 0 Å². The first kappa shape index (κ1) is 21.7. The maximum atomic E-state index is 13.2. The molecule has 0 spiro atoms. The van der Waals surface area contributed by atoms with Gasteiger partial charge in [0.2, 0.25) is 11.7 Å². The number of benzene rings is 3. The lowest BCUT2D eigenvalue weighted by Crippen LogP contribution is -2.16. The standard InChI is InChI=1S/C29H25NO4/c1-29(2,3)20-13-14-23-22(16-20)19(17-33-23)15-25(31)30-26-21-11-7-8-12-24(21)34-28(26)27(32)18-9-5-4-6-10-18/h4-14,16-17H,15H2,1-3H3,(H,30,31). The summed E-state index contributed by atoms with van der Waals surface area (Å²) in [5, 5.41) is 4.54. The molecule has 5 nitrogen and oxygen atoms in total. The van der Waals surface area contributed by atoms with Gasteiger partial charge in [-0.15, -0.1) is 0 Å². The fourth-order valence-electron chi connectivity index (χ4n) is 4.09. The molecule has 5 rings (SSSR count). The number of carbonyl (C=O) groups excluding carboxylic acids is 2. The largest absolute Gasteiger partial charge is 0.464 e. The summed E-state index contributed by atoms with van der Waals surface area (Å²) in [5.74, 6) is -0.416. The van der Waals surface area contributed by atoms with Crippen LogP contribution >= 0.6 is 0 Å². The van der Waals surface area contributed by atoms with Crippen molar-refractivity contribution in [2.24, 2.45) is 0 Å². The summed E-state index contributed by atoms with van der Waals surface area (Å²) in [6.07, 6.45) is 1.74. The number of fused-ring (bicyclic) bond motifs is 2. The molecule has 1 N–H and O–H groups in total. The van der Waals surface area contributed by atoms with Gasteiger partial charge in [-0.1, -0.05) is 69.3 Å². The molecule has 0 bridgehead atoms. The normalized spacial score (nSPS) is 11.7. The molecule has 3 aromatic carbocycles. The Balaban J connectivity index is 1.48. The van der Waals surface area contributed by atoms with Crippen molar-refractivity contribution in [2.75, 3.05) is 5.32 Å². The molecule has 5 aromatic rings. The quantitative estimate of drug-likeness (QED) is 0.295. The Labute approximate surface area is 197 Å². The highest BCUT2D eigenvalue weighted by molar-refractivity contribution is 6.17. The van der Waals surface area contributed by atoms with E-state index in [1.807, 2.05) is 30.3 Å². The molecule has 1 amide bonds. The van der Waals surface area contributed by atoms with Crippen molar-refractivity contribution in [3.8, 4) is 0 Å². The van der Waals surface area contributed by atoms with Crippen molar-refractivity contribution in [3.05, 3.63) is 102 Å². The number of nitrogens with one attached hydrogen (secondary N) is 1. The van der Waals surface area contributed by atoms with E-state index in [9.17, 15) is 9.59 Å². The van der Waals surface area contributed by atoms with Crippen molar-refractivity contribution in [2.45, 2.75) is 32.6 Å². The predicted molar refractivity (Wildman–Crippen MR) is 133 cm³/mol. The molecule has 0 radical (unpaired) electrons. The van der Waals surface area contributed by atoms with Gasteiger partial charge in [-0.05, 0) is 35.2 Å². The number of carbonyl (C=O) groups is 2. The maximum Gasteiger partial charge on any atom is 0.230 e. The first-order valence-electron chi connectivity index (χ1n) is 11.2. The van der Waals surface area contributed by atoms with E-state index in [1.54, 1.807) is 36.6 Å². The van der Waals surface area contributed by atoms with Gasteiger partial charge < -0.3 is 14.2 Å². The number of hydrogen-bond acceptors (Lipinski definition) is 4. The number of anilines is 1. The number of rotatable bonds is 5. The molecule has 5 heteroatoms. The fourth-order valence-corrected chi connectivity index (χ4v) is 4.09. The van der Waals surface area contributed by atoms with Crippen LogP contribution in [0.2, 0.25) is 0 Å². The lowest BCUT2D eigenvalue weighted by atomic mass is 9.86. The topological polar surface area (TPSA) is 72.5 Å². The van der Waals surface area contributed by atoms with Gasteiger partial charge in [-0.25, -0.2) is 0 Å². The molecular formula is C29H25NO4. The van der Waals surface area contributed by atoms with Crippen LogP contribution in [-0.2, 0) is 16.6 Å². The zero-order chi connectivity index (χ0) is 23.9. The zero-order valence-corrected chi connectivity index (χ0v) is 19.3. The van der Waals surface area contributed by atoms with Crippen LogP contribution in [0.25, 0.3) is 21.9 Å². The van der Waals surface area contributed by atoms with E-state index in [0.29, 0.717) is 22.2 Å². The molecule has 170 valence electrons. The van der Waals surface area contributed by atoms with Gasteiger partial charge >= 0.3 is 0 Å². The van der Waals surface area contributed by atoms with E-state index in [-0.39, 0.29) is 29.3 Å². The summed E-state index contributed by atoms with van der Waals surface area (Å²) < 4.78 is 11.6. The second kappa shape index (κ2) is 8.34. The average molecular weight is 452 g/mol. The van der Waals surface area contributed by atoms with Gasteiger partial charge in [-0.2, -0.15) is 0 Å². The molecule has 0 aliphatic rings. The van der Waals surface area contributed by atoms with Crippen LogP contribution in [0.4, 0.5) is 5.69 Å². The second-order valence-electron chi connectivity index (χ2n) is 9.44. The first-order valence-corrected chi connectivity index (χ1v) is 11.2. The van der Waals surface area contributed by atoms with E-state index >= 15 is 0 Å². The Morgan fingerprint density at radius 1 is 0.853 bits per heavy atom. The van der Waals surface area contributed by atoms with Crippen LogP contribution in [-0.4, -0.2) is 11.7 Å². The van der Waals surface area contributed by atoms with Crippen LogP contribution < -0.4 is 5.32 Å². The van der Waals surface area contributed by atoms with E-state index in [0.717, 1.165) is 16.5 Å². The van der Waals surface area contributed by atoms with Gasteiger partial charge in [0.1, 0.15) is 11.2 Å². The van der Waals surface area contributed by atoms with Crippen molar-refractivity contribution >= 4 is 39.3 Å². The molecule has 2 aromatic heterocycles. The van der Waals surface area contributed by atoms with E-state index in [1.165, 1.54) is 5.56 Å². The Kier molecular flexibility index (Phi) is 5.33. The van der Waals surface area contributed by atoms with Crippen molar-refractivity contribution in [1.29, 1.82) is 0 Å². The summed E-state index contributed by atoms with van der Waals surface area (Å²) >= 11 is 0. The molecular weight excluding hydrogens is 426 g/mol. The van der Waals surface area contributed by atoms with Crippen molar-refractivity contribution < 1.29 is 18.4 Å².